The summed E-state index contributed by atoms with van der Waals surface area (Å²) in [5.41, 5.74) is 4.04. The van der Waals surface area contributed by atoms with Gasteiger partial charge in [-0.1, -0.05) is 86.1 Å². The Morgan fingerprint density at radius 2 is 1.65 bits per heavy atom. The van der Waals surface area contributed by atoms with Gasteiger partial charge in [0.2, 0.25) is 0 Å². The molecule has 5 heteroatoms. The topological polar surface area (TPSA) is 46.9 Å². The van der Waals surface area contributed by atoms with Crippen molar-refractivity contribution in [1.29, 1.82) is 0 Å². The summed E-state index contributed by atoms with van der Waals surface area (Å²) in [6.45, 7) is 6.37. The summed E-state index contributed by atoms with van der Waals surface area (Å²) in [7, 11) is 0. The highest BCUT2D eigenvalue weighted by atomic mass is 19.1. The van der Waals surface area contributed by atoms with Crippen molar-refractivity contribution in [1.82, 2.24) is 14.9 Å². The number of nitrogens with zero attached hydrogens (tertiary/aromatic N) is 2. The summed E-state index contributed by atoms with van der Waals surface area (Å²) in [5.74, 6) is 0.162. The quantitative estimate of drug-likeness (QED) is 0.312. The van der Waals surface area contributed by atoms with E-state index in [1.807, 2.05) is 78.2 Å². The van der Waals surface area contributed by atoms with Crippen molar-refractivity contribution in [3.05, 3.63) is 102 Å². The number of halogens is 1. The first-order valence-electron chi connectivity index (χ1n) is 11.8. The minimum atomic E-state index is -0.315. The molecule has 0 saturated carbocycles. The number of benzene rings is 3. The van der Waals surface area contributed by atoms with Gasteiger partial charge in [0, 0.05) is 17.7 Å². The maximum absolute atomic E-state index is 14.5. The van der Waals surface area contributed by atoms with Crippen LogP contribution < -0.4 is 5.32 Å². The Morgan fingerprint density at radius 1 is 0.971 bits per heavy atom. The van der Waals surface area contributed by atoms with Crippen molar-refractivity contribution < 1.29 is 9.18 Å². The van der Waals surface area contributed by atoms with E-state index in [1.54, 1.807) is 13.0 Å². The lowest BCUT2D eigenvalue weighted by Crippen LogP contribution is -2.30. The van der Waals surface area contributed by atoms with Gasteiger partial charge in [0.1, 0.15) is 23.0 Å². The Labute approximate surface area is 200 Å². The summed E-state index contributed by atoms with van der Waals surface area (Å²) in [6.07, 6.45) is 1.74. The molecule has 1 N–H and O–H groups in total. The van der Waals surface area contributed by atoms with E-state index >= 15 is 0 Å². The Hall–Kier alpha value is -3.73. The maximum atomic E-state index is 14.5. The highest BCUT2D eigenvalue weighted by Gasteiger charge is 2.26. The number of aryl methyl sites for hydroxylation is 1. The minimum Gasteiger partial charge on any atom is -0.344 e. The van der Waals surface area contributed by atoms with E-state index in [1.165, 1.54) is 6.07 Å². The summed E-state index contributed by atoms with van der Waals surface area (Å²) in [6, 6.07) is 24.7. The van der Waals surface area contributed by atoms with Gasteiger partial charge in [0.25, 0.3) is 5.91 Å². The van der Waals surface area contributed by atoms with Gasteiger partial charge >= 0.3 is 0 Å². The van der Waals surface area contributed by atoms with E-state index in [0.29, 0.717) is 34.9 Å². The van der Waals surface area contributed by atoms with Crippen LogP contribution in [-0.4, -0.2) is 15.5 Å². The van der Waals surface area contributed by atoms with E-state index in [4.69, 9.17) is 4.98 Å². The van der Waals surface area contributed by atoms with Crippen LogP contribution in [0.1, 0.15) is 54.3 Å². The first kappa shape index (κ1) is 23.4. The number of aromatic nitrogens is 2. The summed E-state index contributed by atoms with van der Waals surface area (Å²) >= 11 is 0. The molecule has 4 nitrogen and oxygen atoms in total. The molecule has 0 saturated heterocycles. The van der Waals surface area contributed by atoms with Crippen molar-refractivity contribution in [3.63, 3.8) is 0 Å². The molecule has 0 bridgehead atoms. The minimum absolute atomic E-state index is 0.123. The van der Waals surface area contributed by atoms with Crippen LogP contribution in [-0.2, 0) is 6.54 Å². The molecule has 0 aliphatic rings. The third-order valence-corrected chi connectivity index (χ3v) is 6.06. The highest BCUT2D eigenvalue weighted by Crippen LogP contribution is 2.31. The molecule has 3 aromatic carbocycles. The molecule has 34 heavy (non-hydrogen) atoms. The average Bonchev–Trinajstić information content (AvgIpc) is 3.26. The molecule has 1 heterocycles. The van der Waals surface area contributed by atoms with Gasteiger partial charge in [0.05, 0.1) is 6.04 Å². The Kier molecular flexibility index (Phi) is 7.21. The third-order valence-electron chi connectivity index (χ3n) is 6.06. The maximum Gasteiger partial charge on any atom is 0.270 e. The molecular weight excluding hydrogens is 425 g/mol. The normalized spacial score (nSPS) is 11.9. The first-order chi connectivity index (χ1) is 16.5. The average molecular weight is 456 g/mol. The largest absolute Gasteiger partial charge is 0.344 e. The smallest absolute Gasteiger partial charge is 0.270 e. The van der Waals surface area contributed by atoms with Gasteiger partial charge in [-0.05, 0) is 37.5 Å². The molecule has 1 aromatic heterocycles. The predicted molar refractivity (Wildman–Crippen MR) is 135 cm³/mol. The Morgan fingerprint density at radius 3 is 2.26 bits per heavy atom. The standard InChI is InChI=1S/C29H30FN3O/c1-4-12-25(21-13-8-6-9-14-21)31-29(34)27-26(23-18-17-20(3)24(30)19-23)32-28(33(27)5-2)22-15-10-7-11-16-22/h6-11,13-19,25H,4-5,12H2,1-3H3,(H,31,34). The predicted octanol–water partition coefficient (Wildman–Crippen LogP) is 6.96. The molecule has 1 amide bonds. The van der Waals surface area contributed by atoms with Gasteiger partial charge in [0.15, 0.2) is 0 Å². The molecule has 4 aromatic rings. The third kappa shape index (κ3) is 4.79. The van der Waals surface area contributed by atoms with E-state index in [2.05, 4.69) is 12.2 Å². The monoisotopic (exact) mass is 455 g/mol. The van der Waals surface area contributed by atoms with E-state index < -0.39 is 0 Å². The van der Waals surface area contributed by atoms with Crippen LogP contribution in [0.4, 0.5) is 4.39 Å². The number of hydrogen-bond donors (Lipinski definition) is 1. The fourth-order valence-corrected chi connectivity index (χ4v) is 4.26. The number of nitrogens with one attached hydrogen (secondary N) is 1. The van der Waals surface area contributed by atoms with Gasteiger partial charge in [-0.3, -0.25) is 4.79 Å². The highest BCUT2D eigenvalue weighted by molar-refractivity contribution is 5.99. The molecule has 0 aliphatic carbocycles. The van der Waals surface area contributed by atoms with Crippen LogP contribution in [0.2, 0.25) is 0 Å². The van der Waals surface area contributed by atoms with Crippen molar-refractivity contribution in [2.24, 2.45) is 0 Å². The van der Waals surface area contributed by atoms with Crippen LogP contribution in [0.25, 0.3) is 22.6 Å². The van der Waals surface area contributed by atoms with Crippen molar-refractivity contribution in [3.8, 4) is 22.6 Å². The zero-order valence-corrected chi connectivity index (χ0v) is 19.9. The number of amides is 1. The molecule has 1 unspecified atom stereocenters. The molecule has 0 radical (unpaired) electrons. The zero-order chi connectivity index (χ0) is 24.1. The second-order valence-corrected chi connectivity index (χ2v) is 8.43. The van der Waals surface area contributed by atoms with E-state index in [9.17, 15) is 9.18 Å². The van der Waals surface area contributed by atoms with Crippen molar-refractivity contribution in [2.45, 2.75) is 46.2 Å². The summed E-state index contributed by atoms with van der Waals surface area (Å²) in [4.78, 5) is 18.7. The molecule has 0 fully saturated rings. The van der Waals surface area contributed by atoms with Crippen molar-refractivity contribution in [2.75, 3.05) is 0 Å². The number of imidazole rings is 1. The van der Waals surface area contributed by atoms with Gasteiger partial charge < -0.3 is 9.88 Å². The number of carbonyl (C=O) groups excluding carboxylic acids is 1. The number of carbonyl (C=O) groups is 1. The van der Waals surface area contributed by atoms with Gasteiger partial charge in [-0.25, -0.2) is 9.37 Å². The SMILES string of the molecule is CCCC(NC(=O)c1c(-c2ccc(C)c(F)c2)nc(-c2ccccc2)n1CC)c1ccccc1. The first-order valence-corrected chi connectivity index (χ1v) is 11.8. The number of hydrogen-bond acceptors (Lipinski definition) is 2. The second kappa shape index (κ2) is 10.5. The van der Waals surface area contributed by atoms with Crippen LogP contribution in [0.3, 0.4) is 0 Å². The van der Waals surface area contributed by atoms with E-state index in [-0.39, 0.29) is 17.8 Å². The second-order valence-electron chi connectivity index (χ2n) is 8.43. The lowest BCUT2D eigenvalue weighted by Gasteiger charge is -2.20. The van der Waals surface area contributed by atoms with E-state index in [0.717, 1.165) is 24.0 Å². The fraction of sp³-hybridized carbons (Fsp3) is 0.241. The summed E-state index contributed by atoms with van der Waals surface area (Å²) in [5, 5.41) is 3.23. The molecule has 0 aliphatic heterocycles. The lowest BCUT2D eigenvalue weighted by molar-refractivity contribution is 0.0926. The van der Waals surface area contributed by atoms with Crippen LogP contribution in [0.15, 0.2) is 78.9 Å². The zero-order valence-electron chi connectivity index (χ0n) is 19.9. The van der Waals surface area contributed by atoms with Crippen LogP contribution in [0.5, 0.6) is 0 Å². The molecule has 1 atom stereocenters. The Bertz CT molecular complexity index is 1270. The number of rotatable bonds is 8. The van der Waals surface area contributed by atoms with Crippen LogP contribution >= 0.6 is 0 Å². The molecule has 4 rings (SSSR count). The van der Waals surface area contributed by atoms with Crippen LogP contribution in [0, 0.1) is 12.7 Å². The lowest BCUT2D eigenvalue weighted by atomic mass is 10.0. The molecule has 174 valence electrons. The Balaban J connectivity index is 1.84. The summed E-state index contributed by atoms with van der Waals surface area (Å²) < 4.78 is 16.4. The molecular formula is C29H30FN3O. The fourth-order valence-electron chi connectivity index (χ4n) is 4.26. The molecule has 0 spiro atoms. The van der Waals surface area contributed by atoms with Gasteiger partial charge in [-0.15, -0.1) is 0 Å². The van der Waals surface area contributed by atoms with Crippen molar-refractivity contribution >= 4 is 5.91 Å². The van der Waals surface area contributed by atoms with Gasteiger partial charge in [-0.2, -0.15) is 0 Å².